The fourth-order valence-electron chi connectivity index (χ4n) is 2.49. The molecule has 0 N–H and O–H groups in total. The van der Waals surface area contributed by atoms with E-state index in [4.69, 9.17) is 39.5 Å². The lowest BCUT2D eigenvalue weighted by Crippen LogP contribution is -2.37. The van der Waals surface area contributed by atoms with Gasteiger partial charge in [0.25, 0.3) is 0 Å². The minimum Gasteiger partial charge on any atom is -0.495 e. The molecular formula is C14H16Cl3NO2. The molecule has 1 unspecified atom stereocenters. The van der Waals surface area contributed by atoms with Crippen molar-refractivity contribution in [3.63, 3.8) is 0 Å². The summed E-state index contributed by atoms with van der Waals surface area (Å²) in [6, 6.07) is 3.54. The van der Waals surface area contributed by atoms with Crippen LogP contribution in [0.5, 0.6) is 5.75 Å². The Morgan fingerprint density at radius 2 is 1.95 bits per heavy atom. The van der Waals surface area contributed by atoms with E-state index in [2.05, 4.69) is 4.90 Å². The largest absolute Gasteiger partial charge is 0.495 e. The molecule has 0 aromatic heterocycles. The van der Waals surface area contributed by atoms with Gasteiger partial charge in [0.15, 0.2) is 0 Å². The summed E-state index contributed by atoms with van der Waals surface area (Å²) in [7, 11) is 1.58. The molecule has 0 aliphatic carbocycles. The molecule has 1 aromatic carbocycles. The van der Waals surface area contributed by atoms with E-state index in [0.29, 0.717) is 15.8 Å². The molecule has 1 atom stereocenters. The van der Waals surface area contributed by atoms with Gasteiger partial charge >= 0.3 is 0 Å². The van der Waals surface area contributed by atoms with Crippen LogP contribution in [0.2, 0.25) is 10.0 Å². The smallest absolute Gasteiger partial charge is 0.139 e. The van der Waals surface area contributed by atoms with Gasteiger partial charge in [-0.05, 0) is 24.8 Å². The lowest BCUT2D eigenvalue weighted by atomic mass is 9.93. The van der Waals surface area contributed by atoms with Crippen molar-refractivity contribution in [2.75, 3.05) is 25.1 Å². The van der Waals surface area contributed by atoms with Crippen molar-refractivity contribution in [1.29, 1.82) is 0 Å². The molecule has 20 heavy (non-hydrogen) atoms. The number of nitrogens with zero attached hydrogens (tertiary/aromatic N) is 1. The van der Waals surface area contributed by atoms with E-state index in [1.54, 1.807) is 13.2 Å². The van der Waals surface area contributed by atoms with Crippen molar-refractivity contribution in [3.05, 3.63) is 22.2 Å². The summed E-state index contributed by atoms with van der Waals surface area (Å²) in [5.74, 6) is 0.842. The number of hydrogen-bond donors (Lipinski definition) is 0. The van der Waals surface area contributed by atoms with Gasteiger partial charge < -0.3 is 14.4 Å². The Labute approximate surface area is 133 Å². The number of rotatable bonds is 4. The number of carbonyl (C=O) groups is 1. The molecule has 0 saturated carbocycles. The summed E-state index contributed by atoms with van der Waals surface area (Å²) < 4.78 is 5.22. The van der Waals surface area contributed by atoms with Crippen molar-refractivity contribution in [2.45, 2.75) is 18.2 Å². The van der Waals surface area contributed by atoms with Crippen molar-refractivity contribution >= 4 is 46.8 Å². The molecule has 6 heteroatoms. The number of ether oxygens (including phenoxy) is 1. The van der Waals surface area contributed by atoms with Crippen molar-refractivity contribution in [1.82, 2.24) is 0 Å². The molecule has 0 spiro atoms. The highest BCUT2D eigenvalue weighted by molar-refractivity contribution is 6.37. The minimum atomic E-state index is -0.396. The summed E-state index contributed by atoms with van der Waals surface area (Å²) in [6.45, 7) is 1.62. The van der Waals surface area contributed by atoms with Gasteiger partial charge in [-0.2, -0.15) is 0 Å². The van der Waals surface area contributed by atoms with Crippen LogP contribution in [0.1, 0.15) is 12.8 Å². The first kappa shape index (κ1) is 15.7. The summed E-state index contributed by atoms with van der Waals surface area (Å²) in [4.78, 5) is 12.9. The van der Waals surface area contributed by atoms with E-state index in [0.717, 1.165) is 37.9 Å². The third-order valence-electron chi connectivity index (χ3n) is 3.68. The zero-order valence-corrected chi connectivity index (χ0v) is 13.4. The van der Waals surface area contributed by atoms with Crippen LogP contribution in [0.15, 0.2) is 12.1 Å². The third kappa shape index (κ3) is 3.33. The maximum atomic E-state index is 10.7. The maximum absolute atomic E-state index is 10.7. The molecule has 0 bridgehead atoms. The molecule has 1 fully saturated rings. The number of alkyl halides is 1. The molecule has 1 heterocycles. The van der Waals surface area contributed by atoms with Crippen molar-refractivity contribution < 1.29 is 9.53 Å². The Hall–Kier alpha value is -0.640. The Morgan fingerprint density at radius 3 is 2.50 bits per heavy atom. The van der Waals surface area contributed by atoms with E-state index in [9.17, 15) is 4.79 Å². The predicted molar refractivity (Wildman–Crippen MR) is 83.7 cm³/mol. The molecule has 1 aliphatic heterocycles. The highest BCUT2D eigenvalue weighted by Gasteiger charge is 2.26. The van der Waals surface area contributed by atoms with Crippen LogP contribution < -0.4 is 9.64 Å². The standard InChI is InChI=1S/C14H16Cl3NO2/c1-20-14-7-13(10(15)6-11(14)16)18-4-2-9(3-5-18)12(17)8-19/h6-9,12H,2-5H2,1H3. The van der Waals surface area contributed by atoms with Gasteiger partial charge in [0.05, 0.1) is 28.2 Å². The second kappa shape index (κ2) is 6.88. The van der Waals surface area contributed by atoms with Gasteiger partial charge in [-0.1, -0.05) is 23.2 Å². The highest BCUT2D eigenvalue weighted by Crippen LogP contribution is 2.38. The Kier molecular flexibility index (Phi) is 5.42. The average molecular weight is 337 g/mol. The number of hydrogen-bond acceptors (Lipinski definition) is 3. The second-order valence-electron chi connectivity index (χ2n) is 4.84. The van der Waals surface area contributed by atoms with Gasteiger partial charge in [0.2, 0.25) is 0 Å². The topological polar surface area (TPSA) is 29.5 Å². The van der Waals surface area contributed by atoms with Gasteiger partial charge in [-0.3, -0.25) is 0 Å². The van der Waals surface area contributed by atoms with Gasteiger partial charge in [-0.25, -0.2) is 0 Å². The second-order valence-corrected chi connectivity index (χ2v) is 6.16. The Balaban J connectivity index is 2.12. The summed E-state index contributed by atoms with van der Waals surface area (Å²) in [5, 5.41) is 0.706. The van der Waals surface area contributed by atoms with Crippen LogP contribution in [0.3, 0.4) is 0 Å². The number of aldehydes is 1. The van der Waals surface area contributed by atoms with Gasteiger partial charge in [-0.15, -0.1) is 11.6 Å². The lowest BCUT2D eigenvalue weighted by molar-refractivity contribution is -0.108. The van der Waals surface area contributed by atoms with E-state index in [1.165, 1.54) is 0 Å². The molecule has 2 rings (SSSR count). The average Bonchev–Trinajstić information content (AvgIpc) is 2.47. The molecule has 0 amide bonds. The van der Waals surface area contributed by atoms with E-state index in [1.807, 2.05) is 6.07 Å². The van der Waals surface area contributed by atoms with Crippen LogP contribution in [-0.4, -0.2) is 31.9 Å². The molecular weight excluding hydrogens is 321 g/mol. The van der Waals surface area contributed by atoms with E-state index in [-0.39, 0.29) is 5.92 Å². The number of methoxy groups -OCH3 is 1. The Morgan fingerprint density at radius 1 is 1.30 bits per heavy atom. The fourth-order valence-corrected chi connectivity index (χ4v) is 3.32. The minimum absolute atomic E-state index is 0.235. The summed E-state index contributed by atoms with van der Waals surface area (Å²) in [5.41, 5.74) is 0.906. The van der Waals surface area contributed by atoms with Gasteiger partial charge in [0, 0.05) is 19.2 Å². The first-order valence-corrected chi connectivity index (χ1v) is 7.63. The summed E-state index contributed by atoms with van der Waals surface area (Å²) in [6.07, 6.45) is 2.56. The van der Waals surface area contributed by atoms with Crippen LogP contribution in [0, 0.1) is 5.92 Å². The molecule has 1 aliphatic rings. The number of halogens is 3. The van der Waals surface area contributed by atoms with Crippen LogP contribution in [-0.2, 0) is 4.79 Å². The third-order valence-corrected chi connectivity index (χ3v) is 4.74. The number of piperidine rings is 1. The zero-order valence-electron chi connectivity index (χ0n) is 11.1. The SMILES string of the molecule is COc1cc(N2CCC(C(Cl)C=O)CC2)c(Cl)cc1Cl. The molecule has 110 valence electrons. The quantitative estimate of drug-likeness (QED) is 0.614. The predicted octanol–water partition coefficient (Wildman–Crippen LogP) is 4.02. The molecule has 1 saturated heterocycles. The van der Waals surface area contributed by atoms with E-state index >= 15 is 0 Å². The van der Waals surface area contributed by atoms with Crippen molar-refractivity contribution in [2.24, 2.45) is 5.92 Å². The first-order valence-electron chi connectivity index (χ1n) is 6.44. The number of anilines is 1. The normalized spacial score (nSPS) is 17.9. The Bertz CT molecular complexity index is 488. The van der Waals surface area contributed by atoms with Crippen LogP contribution in [0.4, 0.5) is 5.69 Å². The van der Waals surface area contributed by atoms with Crippen molar-refractivity contribution in [3.8, 4) is 5.75 Å². The fraction of sp³-hybridized carbons (Fsp3) is 0.500. The maximum Gasteiger partial charge on any atom is 0.139 e. The molecule has 1 aromatic rings. The van der Waals surface area contributed by atoms with Crippen LogP contribution in [0.25, 0.3) is 0 Å². The number of benzene rings is 1. The van der Waals surface area contributed by atoms with Gasteiger partial charge in [0.1, 0.15) is 12.0 Å². The zero-order chi connectivity index (χ0) is 14.7. The monoisotopic (exact) mass is 335 g/mol. The molecule has 3 nitrogen and oxygen atoms in total. The molecule has 0 radical (unpaired) electrons. The van der Waals surface area contributed by atoms with Crippen LogP contribution >= 0.6 is 34.8 Å². The summed E-state index contributed by atoms with van der Waals surface area (Å²) >= 11 is 18.3. The first-order chi connectivity index (χ1) is 9.56. The number of carbonyl (C=O) groups excluding carboxylic acids is 1. The highest BCUT2D eigenvalue weighted by atomic mass is 35.5. The lowest BCUT2D eigenvalue weighted by Gasteiger charge is -2.35. The van der Waals surface area contributed by atoms with E-state index < -0.39 is 5.38 Å².